The van der Waals surface area contributed by atoms with E-state index in [-0.39, 0.29) is 11.8 Å². The van der Waals surface area contributed by atoms with Crippen molar-refractivity contribution in [2.24, 2.45) is 11.8 Å². The highest BCUT2D eigenvalue weighted by atomic mass is 16.1. The first-order chi connectivity index (χ1) is 6.11. The Hall–Kier alpha value is -1.05. The third kappa shape index (κ3) is 3.45. The molecule has 1 N–H and O–H groups in total. The van der Waals surface area contributed by atoms with Crippen molar-refractivity contribution in [2.75, 3.05) is 0 Å². The second kappa shape index (κ2) is 5.57. The summed E-state index contributed by atoms with van der Waals surface area (Å²) in [6, 6.07) is 0. The van der Waals surface area contributed by atoms with Gasteiger partial charge in [0.25, 0.3) is 0 Å². The molecule has 0 aliphatic carbocycles. The number of hydrogen-bond donors (Lipinski definition) is 1. The summed E-state index contributed by atoms with van der Waals surface area (Å²) in [5, 5.41) is 2.69. The third-order valence-electron chi connectivity index (χ3n) is 1.81. The SMILES string of the molecule is C=C1C=CC(C(C)C)C(=O)N1.CC. The number of carbonyl (C=O) groups is 1. The first-order valence-corrected chi connectivity index (χ1v) is 4.79. The molecule has 1 rings (SSSR count). The Balaban J connectivity index is 0.000000671. The Kier molecular flexibility index (Phi) is 5.12. The summed E-state index contributed by atoms with van der Waals surface area (Å²) in [6.45, 7) is 11.7. The van der Waals surface area contributed by atoms with Gasteiger partial charge in [-0.15, -0.1) is 0 Å². The molecule has 1 aliphatic heterocycles. The van der Waals surface area contributed by atoms with Crippen LogP contribution in [0.5, 0.6) is 0 Å². The smallest absolute Gasteiger partial charge is 0.231 e. The summed E-state index contributed by atoms with van der Waals surface area (Å²) < 4.78 is 0. The van der Waals surface area contributed by atoms with Crippen LogP contribution in [0.25, 0.3) is 0 Å². The first kappa shape index (κ1) is 11.9. The average Bonchev–Trinajstić information content (AvgIpc) is 2.07. The maximum absolute atomic E-state index is 11.2. The maximum atomic E-state index is 11.2. The quantitative estimate of drug-likeness (QED) is 0.661. The molecule has 1 heterocycles. The van der Waals surface area contributed by atoms with E-state index < -0.39 is 0 Å². The van der Waals surface area contributed by atoms with Crippen LogP contribution in [0.2, 0.25) is 0 Å². The standard InChI is InChI=1S/C9H13NO.C2H6/c1-6(2)8-5-4-7(3)10-9(8)11;1-2/h4-6,8H,3H2,1-2H3,(H,10,11);1-2H3. The van der Waals surface area contributed by atoms with E-state index in [0.29, 0.717) is 11.6 Å². The van der Waals surface area contributed by atoms with Gasteiger partial charge in [0, 0.05) is 5.70 Å². The molecular formula is C11H19NO. The summed E-state index contributed by atoms with van der Waals surface area (Å²) in [5.41, 5.74) is 0.687. The van der Waals surface area contributed by atoms with Crippen LogP contribution < -0.4 is 5.32 Å². The van der Waals surface area contributed by atoms with E-state index in [9.17, 15) is 4.79 Å². The molecule has 0 saturated carbocycles. The van der Waals surface area contributed by atoms with Crippen LogP contribution in [0.4, 0.5) is 0 Å². The Morgan fingerprint density at radius 1 is 1.46 bits per heavy atom. The van der Waals surface area contributed by atoms with Gasteiger partial charge in [-0.25, -0.2) is 0 Å². The third-order valence-corrected chi connectivity index (χ3v) is 1.81. The van der Waals surface area contributed by atoms with Crippen LogP contribution in [0.1, 0.15) is 27.7 Å². The summed E-state index contributed by atoms with van der Waals surface area (Å²) in [6.07, 6.45) is 3.76. The van der Waals surface area contributed by atoms with Gasteiger partial charge in [-0.3, -0.25) is 4.79 Å². The van der Waals surface area contributed by atoms with E-state index in [1.54, 1.807) is 0 Å². The van der Waals surface area contributed by atoms with Crippen LogP contribution in [0.15, 0.2) is 24.4 Å². The lowest BCUT2D eigenvalue weighted by Gasteiger charge is -2.20. The molecule has 0 bridgehead atoms. The Morgan fingerprint density at radius 2 is 2.00 bits per heavy atom. The molecule has 0 fully saturated rings. The van der Waals surface area contributed by atoms with Gasteiger partial charge in [-0.1, -0.05) is 40.3 Å². The van der Waals surface area contributed by atoms with Crippen molar-refractivity contribution in [2.45, 2.75) is 27.7 Å². The number of amides is 1. The predicted molar refractivity (Wildman–Crippen MR) is 56.1 cm³/mol. The fourth-order valence-electron chi connectivity index (χ4n) is 1.12. The van der Waals surface area contributed by atoms with Crippen molar-refractivity contribution >= 4 is 5.91 Å². The van der Waals surface area contributed by atoms with Crippen molar-refractivity contribution < 1.29 is 4.79 Å². The van der Waals surface area contributed by atoms with Crippen molar-refractivity contribution in [1.29, 1.82) is 0 Å². The van der Waals surface area contributed by atoms with Crippen molar-refractivity contribution in [1.82, 2.24) is 5.32 Å². The molecule has 0 radical (unpaired) electrons. The predicted octanol–water partition coefficient (Wildman–Crippen LogP) is 2.48. The van der Waals surface area contributed by atoms with Crippen LogP contribution in [0, 0.1) is 11.8 Å². The molecule has 1 amide bonds. The number of rotatable bonds is 1. The van der Waals surface area contributed by atoms with Gasteiger partial charge in [0.2, 0.25) is 5.91 Å². The van der Waals surface area contributed by atoms with Gasteiger partial charge in [0.15, 0.2) is 0 Å². The molecule has 74 valence electrons. The van der Waals surface area contributed by atoms with E-state index in [1.165, 1.54) is 0 Å². The summed E-state index contributed by atoms with van der Waals surface area (Å²) >= 11 is 0. The average molecular weight is 181 g/mol. The maximum Gasteiger partial charge on any atom is 0.231 e. The van der Waals surface area contributed by atoms with Crippen molar-refractivity contribution in [3.05, 3.63) is 24.4 Å². The lowest BCUT2D eigenvalue weighted by atomic mass is 9.92. The van der Waals surface area contributed by atoms with E-state index in [1.807, 2.05) is 39.8 Å². The Morgan fingerprint density at radius 3 is 2.38 bits per heavy atom. The Bertz CT molecular complexity index is 216. The molecular weight excluding hydrogens is 162 g/mol. The highest BCUT2D eigenvalue weighted by Gasteiger charge is 2.21. The van der Waals surface area contributed by atoms with Crippen LogP contribution in [-0.4, -0.2) is 5.91 Å². The van der Waals surface area contributed by atoms with Gasteiger partial charge in [-0.05, 0) is 12.0 Å². The zero-order valence-corrected chi connectivity index (χ0v) is 8.92. The van der Waals surface area contributed by atoms with Gasteiger partial charge >= 0.3 is 0 Å². The second-order valence-corrected chi connectivity index (χ2v) is 3.14. The van der Waals surface area contributed by atoms with Crippen molar-refractivity contribution in [3.8, 4) is 0 Å². The molecule has 0 saturated heterocycles. The fourth-order valence-corrected chi connectivity index (χ4v) is 1.12. The molecule has 0 aromatic carbocycles. The molecule has 0 aromatic heterocycles. The number of nitrogens with one attached hydrogen (secondary N) is 1. The van der Waals surface area contributed by atoms with Crippen molar-refractivity contribution in [3.63, 3.8) is 0 Å². The highest BCUT2D eigenvalue weighted by Crippen LogP contribution is 2.16. The molecule has 1 atom stereocenters. The minimum atomic E-state index is 0.0144. The lowest BCUT2D eigenvalue weighted by Crippen LogP contribution is -2.34. The number of carbonyl (C=O) groups excluding carboxylic acids is 1. The normalized spacial score (nSPS) is 20.8. The minimum Gasteiger partial charge on any atom is -0.326 e. The summed E-state index contributed by atoms with van der Waals surface area (Å²) in [5.74, 6) is 0.437. The zero-order chi connectivity index (χ0) is 10.4. The first-order valence-electron chi connectivity index (χ1n) is 4.79. The van der Waals surface area contributed by atoms with E-state index in [4.69, 9.17) is 0 Å². The van der Waals surface area contributed by atoms with E-state index >= 15 is 0 Å². The van der Waals surface area contributed by atoms with Gasteiger partial charge in [0.1, 0.15) is 0 Å². The van der Waals surface area contributed by atoms with E-state index in [2.05, 4.69) is 11.9 Å². The van der Waals surface area contributed by atoms with Gasteiger partial charge in [-0.2, -0.15) is 0 Å². The van der Waals surface area contributed by atoms with E-state index in [0.717, 1.165) is 0 Å². The molecule has 1 aliphatic rings. The topological polar surface area (TPSA) is 29.1 Å². The summed E-state index contributed by atoms with van der Waals surface area (Å²) in [4.78, 5) is 11.2. The molecule has 0 aromatic rings. The minimum absolute atomic E-state index is 0.0144. The molecule has 0 spiro atoms. The largest absolute Gasteiger partial charge is 0.326 e. The van der Waals surface area contributed by atoms with Crippen LogP contribution in [0.3, 0.4) is 0 Å². The monoisotopic (exact) mass is 181 g/mol. The number of hydrogen-bond acceptors (Lipinski definition) is 1. The zero-order valence-electron chi connectivity index (χ0n) is 8.92. The number of allylic oxidation sites excluding steroid dienone is 1. The van der Waals surface area contributed by atoms with Gasteiger partial charge in [0.05, 0.1) is 5.92 Å². The highest BCUT2D eigenvalue weighted by molar-refractivity contribution is 5.84. The Labute approximate surface area is 80.7 Å². The fraction of sp³-hybridized carbons (Fsp3) is 0.545. The van der Waals surface area contributed by atoms with Gasteiger partial charge < -0.3 is 5.32 Å². The molecule has 2 nitrogen and oxygen atoms in total. The lowest BCUT2D eigenvalue weighted by molar-refractivity contribution is -0.124. The van der Waals surface area contributed by atoms with Crippen LogP contribution in [-0.2, 0) is 4.79 Å². The molecule has 13 heavy (non-hydrogen) atoms. The van der Waals surface area contributed by atoms with Crippen LogP contribution >= 0.6 is 0 Å². The summed E-state index contributed by atoms with van der Waals surface area (Å²) in [7, 11) is 0. The molecule has 1 unspecified atom stereocenters. The second-order valence-electron chi connectivity index (χ2n) is 3.14. The molecule has 2 heteroatoms.